The summed E-state index contributed by atoms with van der Waals surface area (Å²) in [6.45, 7) is 0. The molecule has 0 aliphatic carbocycles. The Bertz CT molecular complexity index is 8.00. The second-order valence-corrected chi connectivity index (χ2v) is 0. The Balaban J connectivity index is 0. The Morgan fingerprint density at radius 1 is 1.25 bits per heavy atom. The SMILES string of the molecule is O=[Si].[O]=[Ge]. The van der Waals surface area contributed by atoms with Crippen molar-refractivity contribution in [3.05, 3.63) is 0 Å². The normalized spacial score (nSPS) is 2.00. The van der Waals surface area contributed by atoms with Gasteiger partial charge in [0, 0.05) is 0 Å². The fourth-order valence-corrected chi connectivity index (χ4v) is 0. The van der Waals surface area contributed by atoms with E-state index in [1.807, 2.05) is 0 Å². The molecule has 0 aromatic carbocycles. The topological polar surface area (TPSA) is 34.1 Å². The molecule has 0 aromatic heterocycles. The molecule has 2 nitrogen and oxygen atoms in total. The summed E-state index contributed by atoms with van der Waals surface area (Å²) in [4.78, 5) is 0. The van der Waals surface area contributed by atoms with Crippen molar-refractivity contribution in [3.63, 3.8) is 0 Å². The van der Waals surface area contributed by atoms with Crippen LogP contribution >= 0.6 is 0 Å². The quantitative estimate of drug-likeness (QED) is 0.397. The Hall–Kier alpha value is 0.360. The van der Waals surface area contributed by atoms with Gasteiger partial charge in [0.05, 0.1) is 0 Å². The first kappa shape index (κ1) is 8.84. The maximum atomic E-state index is 8.25. The van der Waals surface area contributed by atoms with Crippen LogP contribution in [0, 0.1) is 0 Å². The van der Waals surface area contributed by atoms with E-state index in [1.165, 1.54) is 0 Å². The van der Waals surface area contributed by atoms with Crippen LogP contribution in [0.4, 0.5) is 0 Å². The van der Waals surface area contributed by atoms with Crippen molar-refractivity contribution < 1.29 is 8.24 Å². The summed E-state index contributed by atoms with van der Waals surface area (Å²) in [6, 6.07) is 0. The fraction of sp³-hybridized carbons (Fsp3) is 0. The first-order chi connectivity index (χ1) is 2.00. The molecule has 0 bridgehead atoms. The third-order valence-electron chi connectivity index (χ3n) is 0. The van der Waals surface area contributed by atoms with Gasteiger partial charge in [0.25, 0.3) is 0 Å². The van der Waals surface area contributed by atoms with Crippen molar-refractivity contribution in [2.45, 2.75) is 0 Å². The zero-order chi connectivity index (χ0) is 4.00. The average Bonchev–Trinajstić information content (AvgIpc) is 1.50. The summed E-state index contributed by atoms with van der Waals surface area (Å²) in [7, 11) is 1.72. The van der Waals surface area contributed by atoms with Crippen molar-refractivity contribution in [1.29, 1.82) is 0 Å². The van der Waals surface area contributed by atoms with E-state index in [0.717, 1.165) is 16.5 Å². The fourth-order valence-electron chi connectivity index (χ4n) is 0. The second kappa shape index (κ2) is 145. The van der Waals surface area contributed by atoms with Crippen LogP contribution in [0.15, 0.2) is 0 Å². The summed E-state index contributed by atoms with van der Waals surface area (Å²) in [5.41, 5.74) is 0. The van der Waals surface area contributed by atoms with E-state index < -0.39 is 0 Å². The van der Waals surface area contributed by atoms with Crippen LogP contribution in [0.3, 0.4) is 0 Å². The van der Waals surface area contributed by atoms with E-state index in [-0.39, 0.29) is 0 Å². The molecule has 0 fully saturated rings. The van der Waals surface area contributed by atoms with Gasteiger partial charge >= 0.3 is 30.4 Å². The molecule has 0 rings (SSSR count). The number of hydrogen-bond acceptors (Lipinski definition) is 2. The van der Waals surface area contributed by atoms with Gasteiger partial charge in [-0.3, -0.25) is 0 Å². The third kappa shape index (κ3) is 33.7. The van der Waals surface area contributed by atoms with Gasteiger partial charge in [-0.25, -0.2) is 0 Å². The Kier molecular flexibility index (Phi) is 319. The van der Waals surface area contributed by atoms with Crippen LogP contribution in [0.5, 0.6) is 0 Å². The van der Waals surface area contributed by atoms with Crippen molar-refractivity contribution in [2.75, 3.05) is 0 Å². The standard InChI is InChI=1S/GeO.OSi/c2*1-2. The summed E-state index contributed by atoms with van der Waals surface area (Å²) in [5.74, 6) is 0. The zero-order valence-electron chi connectivity index (χ0n) is 1.82. The molecule has 4 heavy (non-hydrogen) atoms. The molecule has 4 heteroatoms. The first-order valence-electron chi connectivity index (χ1n) is 0.408. The third-order valence-corrected chi connectivity index (χ3v) is 0. The Morgan fingerprint density at radius 3 is 1.25 bits per heavy atom. The summed E-state index contributed by atoms with van der Waals surface area (Å²) in [5, 5.41) is 0. The Labute approximate surface area is 35.5 Å². The van der Waals surface area contributed by atoms with E-state index >= 15 is 0 Å². The molecular formula is GeO2Si. The van der Waals surface area contributed by atoms with Crippen LogP contribution < -0.4 is 0 Å². The summed E-state index contributed by atoms with van der Waals surface area (Å²) in [6.07, 6.45) is 0. The molecule has 0 unspecified atom stereocenters. The Morgan fingerprint density at radius 2 is 1.25 bits per heavy atom. The number of rotatable bonds is 0. The van der Waals surface area contributed by atoms with Gasteiger partial charge < -0.3 is 4.46 Å². The predicted octanol–water partition coefficient (Wildman–Crippen LogP) is -0.999. The minimum absolute atomic E-state index is 0.750. The van der Waals surface area contributed by atoms with Crippen LogP contribution in [0.25, 0.3) is 0 Å². The van der Waals surface area contributed by atoms with Crippen molar-refractivity contribution >= 4 is 26.6 Å². The van der Waals surface area contributed by atoms with E-state index in [1.54, 1.807) is 10.1 Å². The summed E-state index contributed by atoms with van der Waals surface area (Å²) >= 11 is 0.750. The number of hydrogen-bond donors (Lipinski definition) is 0. The van der Waals surface area contributed by atoms with E-state index in [9.17, 15) is 0 Å². The molecular weight excluding hydrogens is 133 g/mol. The zero-order valence-corrected chi connectivity index (χ0v) is 4.91. The second-order valence-electron chi connectivity index (χ2n) is 0. The maximum absolute atomic E-state index is 8.25. The predicted molar refractivity (Wildman–Crippen MR) is 12.9 cm³/mol. The minimum atomic E-state index is 0.750. The molecule has 0 heterocycles. The van der Waals surface area contributed by atoms with Gasteiger partial charge in [-0.15, -0.1) is 0 Å². The van der Waals surface area contributed by atoms with E-state index in [4.69, 9.17) is 8.24 Å². The van der Waals surface area contributed by atoms with Crippen molar-refractivity contribution in [3.8, 4) is 0 Å². The van der Waals surface area contributed by atoms with Crippen molar-refractivity contribution in [1.82, 2.24) is 0 Å². The van der Waals surface area contributed by atoms with Crippen molar-refractivity contribution in [2.24, 2.45) is 0 Å². The van der Waals surface area contributed by atoms with Gasteiger partial charge in [-0.2, -0.15) is 0 Å². The molecule has 0 saturated carbocycles. The molecule has 0 spiro atoms. The molecule has 0 atom stereocenters. The molecule has 0 saturated heterocycles. The van der Waals surface area contributed by atoms with E-state index in [2.05, 4.69) is 0 Å². The first-order valence-corrected chi connectivity index (χ1v) is 1.67. The van der Waals surface area contributed by atoms with Gasteiger partial charge in [-0.1, -0.05) is 0 Å². The van der Waals surface area contributed by atoms with Crippen LogP contribution in [0.1, 0.15) is 0 Å². The molecule has 0 N–H and O–H groups in total. The van der Waals surface area contributed by atoms with E-state index in [0.29, 0.717) is 0 Å². The van der Waals surface area contributed by atoms with Gasteiger partial charge in [-0.05, 0) is 0 Å². The molecule has 0 aliphatic rings. The van der Waals surface area contributed by atoms with Crippen LogP contribution in [-0.2, 0) is 8.24 Å². The molecule has 0 aliphatic heterocycles. The average molecular weight is 133 g/mol. The van der Waals surface area contributed by atoms with Gasteiger partial charge in [0.15, 0.2) is 0 Å². The molecule has 20 valence electrons. The van der Waals surface area contributed by atoms with Gasteiger partial charge in [0.2, 0.25) is 0 Å². The van der Waals surface area contributed by atoms with Crippen LogP contribution in [-0.4, -0.2) is 26.6 Å². The van der Waals surface area contributed by atoms with Gasteiger partial charge in [0.1, 0.15) is 0 Å². The monoisotopic (exact) mass is 134 g/mol. The molecule has 0 amide bonds. The molecule has 4 radical (unpaired) electrons. The summed E-state index contributed by atoms with van der Waals surface area (Å²) < 4.78 is 16.3. The molecule has 0 aromatic rings. The van der Waals surface area contributed by atoms with Crippen LogP contribution in [0.2, 0.25) is 0 Å².